The van der Waals surface area contributed by atoms with Gasteiger partial charge in [0.25, 0.3) is 0 Å². The number of rotatable bonds is 6. The highest BCUT2D eigenvalue weighted by atomic mass is 15.5. The fourth-order valence-corrected chi connectivity index (χ4v) is 5.38. The number of imidazole rings is 3. The molecule has 218 valence electrons. The number of hydrogen-bond donors (Lipinski definition) is 0. The number of nitrogens with zero attached hydrogens (tertiary/aromatic N) is 13. The fourth-order valence-electron chi connectivity index (χ4n) is 5.38. The lowest BCUT2D eigenvalue weighted by Crippen LogP contribution is -2.48. The molecule has 6 heterocycles. The molecule has 9 rings (SSSR count). The van der Waals surface area contributed by atoms with Gasteiger partial charge in [0.15, 0.2) is 17.5 Å². The van der Waals surface area contributed by atoms with E-state index in [0.717, 1.165) is 17.1 Å². The molecule has 6 aromatic rings. The molecule has 0 aliphatic carbocycles. The van der Waals surface area contributed by atoms with Crippen LogP contribution in [0.25, 0.3) is 17.1 Å². The molecule has 13 nitrogen and oxygen atoms in total. The Labute approximate surface area is 261 Å². The van der Waals surface area contributed by atoms with E-state index in [1.165, 1.54) is 0 Å². The van der Waals surface area contributed by atoms with E-state index in [2.05, 4.69) is 15.0 Å². The molecule has 0 spiro atoms. The molecule has 13 heteroatoms. The summed E-state index contributed by atoms with van der Waals surface area (Å²) in [6.07, 6.45) is 10.7. The largest absolute Gasteiger partial charge is 0.297 e. The first-order valence-electron chi connectivity index (χ1n) is 14.4. The second kappa shape index (κ2) is 10.4. The molecule has 0 saturated carbocycles. The van der Waals surface area contributed by atoms with Gasteiger partial charge in [-0.25, -0.2) is 19.9 Å². The number of para-hydroxylation sites is 3. The fraction of sp³-hybridized carbons (Fsp3) is 0. The third-order valence-corrected chi connectivity index (χ3v) is 7.46. The van der Waals surface area contributed by atoms with Crippen molar-refractivity contribution in [2.45, 2.75) is 0 Å². The molecule has 0 amide bonds. The Balaban J connectivity index is 1.23. The number of hydrogen-bond acceptors (Lipinski definition) is 10. The maximum Gasteiger partial charge on any atom is 0.243 e. The van der Waals surface area contributed by atoms with E-state index >= 15 is 0 Å². The van der Waals surface area contributed by atoms with Gasteiger partial charge in [0, 0.05) is 54.2 Å². The maximum atomic E-state index is 4.86. The van der Waals surface area contributed by atoms with Gasteiger partial charge in [-0.05, 0) is 36.4 Å². The molecule has 3 aromatic carbocycles. The Morgan fingerprint density at radius 3 is 0.957 bits per heavy atom. The average Bonchev–Trinajstić information content (AvgIpc) is 3.91. The summed E-state index contributed by atoms with van der Waals surface area (Å²) in [4.78, 5) is 44.6. The van der Waals surface area contributed by atoms with Crippen molar-refractivity contribution in [1.82, 2.24) is 33.6 Å². The van der Waals surface area contributed by atoms with Crippen LogP contribution < -0.4 is 0 Å². The standard InChI is InChI=1S/C33H21N13/c1-4-10-22(11-5-1)43-19-16-34-28(43)25-37-31-39-26(29-35-17-20-44(29)23-12-6-2-7-13-23)41-33-42-27(40-32(38-25)46(31)33)30-36-18-21-45(30)24-14-8-3-9-15-24/h1-21H. The Bertz CT molecular complexity index is 2040. The first-order chi connectivity index (χ1) is 22.8. The Morgan fingerprint density at radius 2 is 0.652 bits per heavy atom. The van der Waals surface area contributed by atoms with Gasteiger partial charge in [0.1, 0.15) is 0 Å². The number of amidine groups is 3. The first-order valence-corrected chi connectivity index (χ1v) is 14.4. The van der Waals surface area contributed by atoms with Crippen LogP contribution in [0.3, 0.4) is 0 Å². The Kier molecular flexibility index (Phi) is 5.77. The van der Waals surface area contributed by atoms with Crippen LogP contribution >= 0.6 is 0 Å². The van der Waals surface area contributed by atoms with E-state index < -0.39 is 0 Å². The summed E-state index contributed by atoms with van der Waals surface area (Å²) in [5, 5.41) is 0. The zero-order valence-electron chi connectivity index (χ0n) is 23.9. The maximum absolute atomic E-state index is 4.86. The molecule has 0 N–H and O–H groups in total. The van der Waals surface area contributed by atoms with Crippen molar-refractivity contribution < 1.29 is 0 Å². The number of aromatic nitrogens is 6. The molecule has 0 radical (unpaired) electrons. The lowest BCUT2D eigenvalue weighted by Gasteiger charge is -2.30. The third-order valence-electron chi connectivity index (χ3n) is 7.46. The molecule has 0 fully saturated rings. The van der Waals surface area contributed by atoms with E-state index in [1.807, 2.05) is 123 Å². The molecule has 46 heavy (non-hydrogen) atoms. The molecule has 0 unspecified atom stereocenters. The minimum absolute atomic E-state index is 0.295. The van der Waals surface area contributed by atoms with Gasteiger partial charge in [0.2, 0.25) is 35.4 Å². The van der Waals surface area contributed by atoms with Crippen LogP contribution in [0.1, 0.15) is 17.5 Å². The van der Waals surface area contributed by atoms with E-state index in [9.17, 15) is 0 Å². The van der Waals surface area contributed by atoms with Gasteiger partial charge in [-0.15, -0.1) is 0 Å². The van der Waals surface area contributed by atoms with Crippen molar-refractivity contribution >= 4 is 35.4 Å². The molecule has 0 saturated heterocycles. The predicted molar refractivity (Wildman–Crippen MR) is 174 cm³/mol. The van der Waals surface area contributed by atoms with Crippen LogP contribution in [-0.2, 0) is 0 Å². The summed E-state index contributed by atoms with van der Waals surface area (Å²) in [5.74, 6) is 3.48. The highest BCUT2D eigenvalue weighted by molar-refractivity contribution is 6.33. The number of benzene rings is 3. The minimum Gasteiger partial charge on any atom is -0.297 e. The second-order valence-electron chi connectivity index (χ2n) is 10.2. The lowest BCUT2D eigenvalue weighted by molar-refractivity contribution is 0.821. The van der Waals surface area contributed by atoms with Crippen molar-refractivity contribution in [2.24, 2.45) is 30.0 Å². The highest BCUT2D eigenvalue weighted by Gasteiger charge is 2.37. The molecule has 3 aromatic heterocycles. The van der Waals surface area contributed by atoms with Crippen LogP contribution in [0.15, 0.2) is 158 Å². The highest BCUT2D eigenvalue weighted by Crippen LogP contribution is 2.24. The summed E-state index contributed by atoms with van der Waals surface area (Å²) < 4.78 is 5.76. The van der Waals surface area contributed by atoms with Crippen LogP contribution in [-0.4, -0.2) is 68.9 Å². The Hall–Kier alpha value is -6.89. The zero-order valence-corrected chi connectivity index (χ0v) is 23.9. The van der Waals surface area contributed by atoms with E-state index in [1.54, 1.807) is 23.5 Å². The normalized spacial score (nSPS) is 15.3. The van der Waals surface area contributed by atoms with Crippen molar-refractivity contribution in [1.29, 1.82) is 0 Å². The molecular weight excluding hydrogens is 578 g/mol. The van der Waals surface area contributed by atoms with Gasteiger partial charge < -0.3 is 0 Å². The van der Waals surface area contributed by atoms with Crippen LogP contribution in [0.2, 0.25) is 0 Å². The lowest BCUT2D eigenvalue weighted by atomic mass is 10.3. The average molecular weight is 600 g/mol. The summed E-state index contributed by atoms with van der Waals surface area (Å²) in [6.45, 7) is 0. The topological polar surface area (TPSA) is 131 Å². The SMILES string of the molecule is c1ccc(-n2ccnc2C2=NC3=NC(c4nccn4-c4ccccc4)=NC4=NC(c5nccn5-c5ccccc5)=NC(=N2)N34)cc1. The predicted octanol–water partition coefficient (Wildman–Crippen LogP) is 4.29. The minimum atomic E-state index is 0.295. The van der Waals surface area contributed by atoms with E-state index in [4.69, 9.17) is 30.0 Å². The summed E-state index contributed by atoms with van der Waals surface area (Å²) in [6, 6.07) is 29.6. The smallest absolute Gasteiger partial charge is 0.243 e. The molecule has 3 aliphatic rings. The second-order valence-corrected chi connectivity index (χ2v) is 10.2. The van der Waals surface area contributed by atoms with Gasteiger partial charge in [-0.1, -0.05) is 54.6 Å². The molecule has 0 bridgehead atoms. The van der Waals surface area contributed by atoms with Gasteiger partial charge in [0.05, 0.1) is 0 Å². The van der Waals surface area contributed by atoms with Crippen molar-refractivity contribution in [3.05, 3.63) is 146 Å². The first kappa shape index (κ1) is 25.6. The summed E-state index contributed by atoms with van der Waals surface area (Å²) in [7, 11) is 0. The van der Waals surface area contributed by atoms with Gasteiger partial charge >= 0.3 is 0 Å². The summed E-state index contributed by atoms with van der Waals surface area (Å²) in [5.41, 5.74) is 2.74. The number of aliphatic imine (C=N–C) groups is 6. The van der Waals surface area contributed by atoms with E-state index in [-0.39, 0.29) is 0 Å². The molecular formula is C33H21N13. The van der Waals surface area contributed by atoms with Crippen molar-refractivity contribution in [2.75, 3.05) is 0 Å². The van der Waals surface area contributed by atoms with Crippen LogP contribution in [0.4, 0.5) is 0 Å². The quantitative estimate of drug-likeness (QED) is 0.283. The van der Waals surface area contributed by atoms with Crippen LogP contribution in [0.5, 0.6) is 0 Å². The van der Waals surface area contributed by atoms with Gasteiger partial charge in [-0.3, -0.25) is 13.7 Å². The number of guanidine groups is 3. The molecule has 0 atom stereocenters. The summed E-state index contributed by atoms with van der Waals surface area (Å²) >= 11 is 0. The van der Waals surface area contributed by atoms with Crippen molar-refractivity contribution in [3.63, 3.8) is 0 Å². The zero-order chi connectivity index (χ0) is 30.5. The van der Waals surface area contributed by atoms with Gasteiger partial charge in [-0.2, -0.15) is 30.0 Å². The van der Waals surface area contributed by atoms with E-state index in [0.29, 0.717) is 52.9 Å². The Morgan fingerprint density at radius 1 is 0.348 bits per heavy atom. The third kappa shape index (κ3) is 4.22. The van der Waals surface area contributed by atoms with Crippen molar-refractivity contribution in [3.8, 4) is 17.1 Å². The van der Waals surface area contributed by atoms with Crippen LogP contribution in [0, 0.1) is 0 Å². The molecule has 3 aliphatic heterocycles. The monoisotopic (exact) mass is 599 g/mol.